The summed E-state index contributed by atoms with van der Waals surface area (Å²) in [5.41, 5.74) is 0. The molecule has 0 saturated carbocycles. The van der Waals surface area contributed by atoms with E-state index in [0.29, 0.717) is 0 Å². The Balaban J connectivity index is 2.31. The van der Waals surface area contributed by atoms with Crippen LogP contribution in [0.25, 0.3) is 32.3 Å². The lowest BCUT2D eigenvalue weighted by molar-refractivity contribution is 1.76. The smallest absolute Gasteiger partial charge is 0.00139 e. The first-order valence-corrected chi connectivity index (χ1v) is 6.06. The quantitative estimate of drug-likeness (QED) is 0.380. The molecule has 2 radical (unpaired) electrons. The number of fused-ring (bicyclic) bond motifs is 5. The minimum absolute atomic E-state index is 1.16. The van der Waals surface area contributed by atoms with Gasteiger partial charge in [0.05, 0.1) is 0 Å². The van der Waals surface area contributed by atoms with Gasteiger partial charge < -0.3 is 0 Å². The normalized spacial score (nSPS) is 11.3. The lowest BCUT2D eigenvalue weighted by atomic mass is 9.97. The molecule has 4 aromatic rings. The highest BCUT2D eigenvalue weighted by Gasteiger charge is 2.03. The highest BCUT2D eigenvalue weighted by molar-refractivity contribution is 6.16. The van der Waals surface area contributed by atoms with Gasteiger partial charge in [0, 0.05) is 0 Å². The maximum Gasteiger partial charge on any atom is -0.00139 e. The molecule has 0 fully saturated rings. The molecule has 18 heavy (non-hydrogen) atoms. The summed E-state index contributed by atoms with van der Waals surface area (Å²) in [6.07, 6.45) is 0. The fraction of sp³-hybridized carbons (Fsp3) is 0. The van der Waals surface area contributed by atoms with Crippen LogP contribution in [0.3, 0.4) is 0 Å². The van der Waals surface area contributed by atoms with Crippen LogP contribution < -0.4 is 0 Å². The zero-order valence-electron chi connectivity index (χ0n) is 9.77. The van der Waals surface area contributed by atoms with E-state index < -0.39 is 0 Å². The molecular formula is C18H10. The van der Waals surface area contributed by atoms with Gasteiger partial charge in [-0.1, -0.05) is 48.5 Å². The molecule has 0 atom stereocenters. The highest BCUT2D eigenvalue weighted by Crippen LogP contribution is 2.30. The lowest BCUT2D eigenvalue weighted by Gasteiger charge is -2.06. The van der Waals surface area contributed by atoms with Crippen molar-refractivity contribution in [1.82, 2.24) is 0 Å². The van der Waals surface area contributed by atoms with E-state index in [2.05, 4.69) is 72.8 Å². The van der Waals surface area contributed by atoms with Crippen molar-refractivity contribution >= 4 is 32.3 Å². The molecule has 0 bridgehead atoms. The van der Waals surface area contributed by atoms with Gasteiger partial charge in [0.1, 0.15) is 0 Å². The van der Waals surface area contributed by atoms with Crippen molar-refractivity contribution < 1.29 is 0 Å². The van der Waals surface area contributed by atoms with Crippen molar-refractivity contribution in [3.63, 3.8) is 0 Å². The predicted molar refractivity (Wildman–Crippen MR) is 76.6 cm³/mol. The number of benzene rings is 4. The summed E-state index contributed by atoms with van der Waals surface area (Å²) in [6, 6.07) is 27.7. The Kier molecular flexibility index (Phi) is 1.92. The topological polar surface area (TPSA) is 0 Å². The van der Waals surface area contributed by atoms with Gasteiger partial charge in [-0.3, -0.25) is 0 Å². The van der Waals surface area contributed by atoms with Crippen LogP contribution in [0.5, 0.6) is 0 Å². The van der Waals surface area contributed by atoms with Crippen LogP contribution in [0, 0.1) is 12.1 Å². The Morgan fingerprint density at radius 3 is 1.50 bits per heavy atom. The Morgan fingerprint density at radius 1 is 0.556 bits per heavy atom. The van der Waals surface area contributed by atoms with E-state index in [-0.39, 0.29) is 0 Å². The van der Waals surface area contributed by atoms with E-state index in [9.17, 15) is 0 Å². The summed E-state index contributed by atoms with van der Waals surface area (Å²) in [5.74, 6) is 0. The first-order valence-electron chi connectivity index (χ1n) is 6.06. The third-order valence-electron chi connectivity index (χ3n) is 3.45. The number of hydrogen-bond acceptors (Lipinski definition) is 0. The Hall–Kier alpha value is -2.34. The average molecular weight is 226 g/mol. The van der Waals surface area contributed by atoms with E-state index in [0.717, 1.165) is 10.8 Å². The van der Waals surface area contributed by atoms with Gasteiger partial charge in [-0.2, -0.15) is 0 Å². The number of rotatable bonds is 0. The second kappa shape index (κ2) is 3.58. The molecule has 0 amide bonds. The van der Waals surface area contributed by atoms with Crippen LogP contribution in [0.1, 0.15) is 0 Å². The molecule has 0 spiro atoms. The van der Waals surface area contributed by atoms with E-state index in [1.165, 1.54) is 21.5 Å². The molecule has 0 heteroatoms. The zero-order chi connectivity index (χ0) is 11.9. The average Bonchev–Trinajstić information content (AvgIpc) is 2.46. The lowest BCUT2D eigenvalue weighted by Crippen LogP contribution is -1.80. The second-order valence-corrected chi connectivity index (χ2v) is 4.50. The minimum atomic E-state index is 1.16. The minimum Gasteiger partial charge on any atom is -0.0616 e. The molecular weight excluding hydrogens is 216 g/mol. The molecule has 0 saturated heterocycles. The van der Waals surface area contributed by atoms with Crippen molar-refractivity contribution in [2.45, 2.75) is 0 Å². The van der Waals surface area contributed by atoms with E-state index >= 15 is 0 Å². The Bertz CT molecular complexity index is 797. The van der Waals surface area contributed by atoms with Gasteiger partial charge in [-0.25, -0.2) is 0 Å². The third kappa shape index (κ3) is 1.26. The molecule has 0 aromatic heterocycles. The van der Waals surface area contributed by atoms with Crippen molar-refractivity contribution in [2.24, 2.45) is 0 Å². The van der Waals surface area contributed by atoms with Gasteiger partial charge in [-0.15, -0.1) is 0 Å². The van der Waals surface area contributed by atoms with Gasteiger partial charge in [0.25, 0.3) is 0 Å². The summed E-state index contributed by atoms with van der Waals surface area (Å²) < 4.78 is 0. The molecule has 0 N–H and O–H groups in total. The van der Waals surface area contributed by atoms with E-state index in [1.54, 1.807) is 0 Å². The van der Waals surface area contributed by atoms with Gasteiger partial charge in [-0.05, 0) is 56.6 Å². The van der Waals surface area contributed by atoms with Crippen molar-refractivity contribution in [3.8, 4) is 0 Å². The standard InChI is InChI=1S/C18H10/c1-3-7-15-13(5-1)9-11-18-16-8-4-2-6-14(16)10-12-17(15)18/h1-10H. The van der Waals surface area contributed by atoms with Gasteiger partial charge in [0.2, 0.25) is 0 Å². The van der Waals surface area contributed by atoms with Crippen molar-refractivity contribution in [2.75, 3.05) is 0 Å². The molecule has 0 nitrogen and oxygen atoms in total. The van der Waals surface area contributed by atoms with E-state index in [1.807, 2.05) is 0 Å². The van der Waals surface area contributed by atoms with Gasteiger partial charge >= 0.3 is 0 Å². The summed E-state index contributed by atoms with van der Waals surface area (Å²) in [5, 5.41) is 7.25. The van der Waals surface area contributed by atoms with Crippen LogP contribution in [0.15, 0.2) is 60.7 Å². The van der Waals surface area contributed by atoms with E-state index in [4.69, 9.17) is 0 Å². The maximum atomic E-state index is 3.41. The summed E-state index contributed by atoms with van der Waals surface area (Å²) in [7, 11) is 0. The SMILES string of the molecule is [c]1cc2ccccc2c2[c]cc3ccccc3c12. The first-order chi connectivity index (χ1) is 8.93. The van der Waals surface area contributed by atoms with Crippen molar-refractivity contribution in [3.05, 3.63) is 72.8 Å². The summed E-state index contributed by atoms with van der Waals surface area (Å²) in [4.78, 5) is 0. The second-order valence-electron chi connectivity index (χ2n) is 4.50. The van der Waals surface area contributed by atoms with Crippen LogP contribution in [-0.4, -0.2) is 0 Å². The molecule has 0 heterocycles. The molecule has 82 valence electrons. The molecule has 4 aromatic carbocycles. The Morgan fingerprint density at radius 2 is 1.00 bits per heavy atom. The summed E-state index contributed by atoms with van der Waals surface area (Å²) in [6.45, 7) is 0. The zero-order valence-corrected chi connectivity index (χ0v) is 9.77. The van der Waals surface area contributed by atoms with Crippen LogP contribution in [0.2, 0.25) is 0 Å². The molecule has 0 aliphatic carbocycles. The van der Waals surface area contributed by atoms with Crippen LogP contribution >= 0.6 is 0 Å². The largest absolute Gasteiger partial charge is 0.0616 e. The van der Waals surface area contributed by atoms with Crippen LogP contribution in [0.4, 0.5) is 0 Å². The third-order valence-corrected chi connectivity index (χ3v) is 3.45. The van der Waals surface area contributed by atoms with Crippen molar-refractivity contribution in [1.29, 1.82) is 0 Å². The Labute approximate surface area is 105 Å². The molecule has 4 rings (SSSR count). The fourth-order valence-corrected chi connectivity index (χ4v) is 2.57. The fourth-order valence-electron chi connectivity index (χ4n) is 2.57. The monoisotopic (exact) mass is 226 g/mol. The van der Waals surface area contributed by atoms with Gasteiger partial charge in [0.15, 0.2) is 0 Å². The molecule has 0 aliphatic rings. The molecule has 0 aliphatic heterocycles. The van der Waals surface area contributed by atoms with Crippen LogP contribution in [-0.2, 0) is 0 Å². The molecule has 0 unspecified atom stereocenters. The first kappa shape index (κ1) is 9.67. The highest BCUT2D eigenvalue weighted by atomic mass is 14.1. The predicted octanol–water partition coefficient (Wildman–Crippen LogP) is 4.75. The summed E-state index contributed by atoms with van der Waals surface area (Å²) >= 11 is 0. The maximum absolute atomic E-state index is 3.41. The number of hydrogen-bond donors (Lipinski definition) is 0.